The summed E-state index contributed by atoms with van der Waals surface area (Å²) >= 11 is 0. The maximum Gasteiger partial charge on any atom is 0.260 e. The van der Waals surface area contributed by atoms with Crippen molar-refractivity contribution < 1.29 is 14.3 Å². The topological polar surface area (TPSA) is 51.7 Å². The van der Waals surface area contributed by atoms with Gasteiger partial charge >= 0.3 is 0 Å². The lowest BCUT2D eigenvalue weighted by atomic mass is 10.1. The van der Waals surface area contributed by atoms with Gasteiger partial charge in [-0.25, -0.2) is 0 Å². The van der Waals surface area contributed by atoms with Crippen LogP contribution in [0.5, 0.6) is 11.5 Å². The van der Waals surface area contributed by atoms with Crippen molar-refractivity contribution in [2.24, 2.45) is 0 Å². The lowest BCUT2D eigenvalue weighted by Gasteiger charge is -2.17. The number of rotatable bonds is 6. The van der Waals surface area contributed by atoms with Crippen LogP contribution in [0.1, 0.15) is 6.42 Å². The Bertz CT molecular complexity index is 898. The Morgan fingerprint density at radius 1 is 0.929 bits per heavy atom. The molecule has 4 rings (SSSR count). The molecule has 2 heterocycles. The lowest BCUT2D eigenvalue weighted by Crippen LogP contribution is -2.34. The van der Waals surface area contributed by atoms with Gasteiger partial charge in [-0.15, -0.1) is 0 Å². The van der Waals surface area contributed by atoms with Crippen LogP contribution in [0.15, 0.2) is 79.1 Å². The second-order valence-electron chi connectivity index (χ2n) is 6.73. The highest BCUT2D eigenvalue weighted by molar-refractivity contribution is 5.78. The summed E-state index contributed by atoms with van der Waals surface area (Å²) in [5.74, 6) is 1.45. The molecule has 28 heavy (non-hydrogen) atoms. The van der Waals surface area contributed by atoms with Gasteiger partial charge in [0.25, 0.3) is 5.91 Å². The summed E-state index contributed by atoms with van der Waals surface area (Å²) in [7, 11) is 0. The van der Waals surface area contributed by atoms with E-state index in [9.17, 15) is 4.79 Å². The zero-order chi connectivity index (χ0) is 19.2. The molecule has 0 N–H and O–H groups in total. The van der Waals surface area contributed by atoms with E-state index in [1.807, 2.05) is 54.6 Å². The molecule has 1 aliphatic heterocycles. The van der Waals surface area contributed by atoms with Crippen molar-refractivity contribution in [1.82, 2.24) is 9.88 Å². The highest BCUT2D eigenvalue weighted by Gasteiger charge is 2.27. The number of amides is 1. The predicted molar refractivity (Wildman–Crippen MR) is 107 cm³/mol. The van der Waals surface area contributed by atoms with Gasteiger partial charge in [0, 0.05) is 25.4 Å². The van der Waals surface area contributed by atoms with Crippen LogP contribution in [0.25, 0.3) is 11.1 Å². The monoisotopic (exact) mass is 374 g/mol. The second-order valence-corrected chi connectivity index (χ2v) is 6.73. The molecule has 1 amide bonds. The normalized spacial score (nSPS) is 16.0. The zero-order valence-corrected chi connectivity index (χ0v) is 15.5. The highest BCUT2D eigenvalue weighted by atomic mass is 16.5. The van der Waals surface area contributed by atoms with Crippen molar-refractivity contribution >= 4 is 5.91 Å². The summed E-state index contributed by atoms with van der Waals surface area (Å²) in [6.45, 7) is 1.30. The number of nitrogens with zero attached hydrogens (tertiary/aromatic N) is 2. The Hall–Kier alpha value is -3.34. The minimum absolute atomic E-state index is 0.0107. The number of hydrogen-bond donors (Lipinski definition) is 0. The van der Waals surface area contributed by atoms with Gasteiger partial charge in [0.05, 0.1) is 6.54 Å². The van der Waals surface area contributed by atoms with Gasteiger partial charge in [-0.05, 0) is 35.4 Å². The van der Waals surface area contributed by atoms with Crippen LogP contribution >= 0.6 is 0 Å². The molecule has 0 spiro atoms. The van der Waals surface area contributed by atoms with E-state index in [2.05, 4.69) is 17.1 Å². The average Bonchev–Trinajstić information content (AvgIpc) is 3.22. The first-order chi connectivity index (χ1) is 13.8. The minimum Gasteiger partial charge on any atom is -0.488 e. The number of benzene rings is 2. The van der Waals surface area contributed by atoms with E-state index in [1.54, 1.807) is 17.3 Å². The fraction of sp³-hybridized carbons (Fsp3) is 0.217. The summed E-state index contributed by atoms with van der Waals surface area (Å²) in [4.78, 5) is 18.2. The lowest BCUT2D eigenvalue weighted by molar-refractivity contribution is -0.132. The van der Waals surface area contributed by atoms with E-state index >= 15 is 0 Å². The largest absolute Gasteiger partial charge is 0.488 e. The van der Waals surface area contributed by atoms with Crippen LogP contribution in [0.4, 0.5) is 0 Å². The summed E-state index contributed by atoms with van der Waals surface area (Å²) in [5.41, 5.74) is 2.28. The Morgan fingerprint density at radius 3 is 2.39 bits per heavy atom. The third-order valence-electron chi connectivity index (χ3n) is 4.77. The van der Waals surface area contributed by atoms with Crippen molar-refractivity contribution in [1.29, 1.82) is 0 Å². The van der Waals surface area contributed by atoms with E-state index in [0.717, 1.165) is 23.3 Å². The zero-order valence-electron chi connectivity index (χ0n) is 15.5. The van der Waals surface area contributed by atoms with E-state index in [1.165, 1.54) is 0 Å². The second kappa shape index (κ2) is 8.57. The van der Waals surface area contributed by atoms with Crippen LogP contribution in [0, 0.1) is 0 Å². The molecule has 3 aromatic rings. The molecular weight excluding hydrogens is 352 g/mol. The van der Waals surface area contributed by atoms with Gasteiger partial charge in [0.1, 0.15) is 17.6 Å². The van der Waals surface area contributed by atoms with Crippen LogP contribution < -0.4 is 9.47 Å². The number of carbonyl (C=O) groups excluding carboxylic acids is 1. The minimum atomic E-state index is -0.0204. The summed E-state index contributed by atoms with van der Waals surface area (Å²) in [6.07, 6.45) is 4.23. The van der Waals surface area contributed by atoms with Gasteiger partial charge in [-0.1, -0.05) is 42.5 Å². The van der Waals surface area contributed by atoms with Crippen LogP contribution in [-0.2, 0) is 4.79 Å². The summed E-state index contributed by atoms with van der Waals surface area (Å²) in [6, 6.07) is 21.6. The third kappa shape index (κ3) is 4.49. The number of likely N-dealkylation sites (tertiary alicyclic amines) is 1. The van der Waals surface area contributed by atoms with Crippen molar-refractivity contribution in [2.75, 3.05) is 19.7 Å². The van der Waals surface area contributed by atoms with Crippen molar-refractivity contribution in [3.05, 3.63) is 79.1 Å². The number of ether oxygens (including phenoxy) is 2. The Kier molecular flexibility index (Phi) is 5.52. The molecule has 2 aromatic carbocycles. The van der Waals surface area contributed by atoms with Gasteiger partial charge in [-0.3, -0.25) is 9.78 Å². The SMILES string of the molecule is O=C(COc1ccc(-c2ccccc2)cc1)N1CC[C@@H](Oc2ccncc2)C1. The Balaban J connectivity index is 1.26. The number of pyridine rings is 1. The van der Waals surface area contributed by atoms with E-state index in [0.29, 0.717) is 18.8 Å². The highest BCUT2D eigenvalue weighted by Crippen LogP contribution is 2.22. The molecule has 1 saturated heterocycles. The number of hydrogen-bond acceptors (Lipinski definition) is 4. The smallest absolute Gasteiger partial charge is 0.260 e. The van der Waals surface area contributed by atoms with Gasteiger partial charge in [0.2, 0.25) is 0 Å². The molecule has 1 aliphatic rings. The quantitative estimate of drug-likeness (QED) is 0.658. The third-order valence-corrected chi connectivity index (χ3v) is 4.77. The Morgan fingerprint density at radius 2 is 1.64 bits per heavy atom. The van der Waals surface area contributed by atoms with Crippen molar-refractivity contribution in [3.8, 4) is 22.6 Å². The summed E-state index contributed by atoms with van der Waals surface area (Å²) < 4.78 is 11.6. The van der Waals surface area contributed by atoms with Crippen LogP contribution in [-0.4, -0.2) is 41.6 Å². The standard InChI is InChI=1S/C23H22N2O3/c26-23(25-15-12-22(16-25)28-21-10-13-24-14-11-21)17-27-20-8-6-19(7-9-20)18-4-2-1-3-5-18/h1-11,13-14,22H,12,15-17H2/t22-/m1/s1. The molecule has 0 bridgehead atoms. The summed E-state index contributed by atoms with van der Waals surface area (Å²) in [5, 5.41) is 0. The molecular formula is C23H22N2O3. The van der Waals surface area contributed by atoms with Gasteiger partial charge in [0.15, 0.2) is 6.61 Å². The molecule has 0 unspecified atom stereocenters. The van der Waals surface area contributed by atoms with Gasteiger partial charge < -0.3 is 14.4 Å². The molecule has 5 nitrogen and oxygen atoms in total. The molecule has 1 aromatic heterocycles. The van der Waals surface area contributed by atoms with Gasteiger partial charge in [-0.2, -0.15) is 0 Å². The van der Waals surface area contributed by atoms with E-state index < -0.39 is 0 Å². The molecule has 0 radical (unpaired) electrons. The molecule has 1 atom stereocenters. The predicted octanol–water partition coefficient (Wildman–Crippen LogP) is 3.81. The van der Waals surface area contributed by atoms with Crippen molar-refractivity contribution in [3.63, 3.8) is 0 Å². The number of aromatic nitrogens is 1. The maximum atomic E-state index is 12.4. The van der Waals surface area contributed by atoms with Crippen molar-refractivity contribution in [2.45, 2.75) is 12.5 Å². The first-order valence-corrected chi connectivity index (χ1v) is 9.41. The first-order valence-electron chi connectivity index (χ1n) is 9.41. The van der Waals surface area contributed by atoms with Crippen LogP contribution in [0.3, 0.4) is 0 Å². The Labute approximate surface area is 164 Å². The molecule has 0 aliphatic carbocycles. The van der Waals surface area contributed by atoms with Crippen LogP contribution in [0.2, 0.25) is 0 Å². The number of carbonyl (C=O) groups is 1. The molecule has 1 fully saturated rings. The molecule has 5 heteroatoms. The molecule has 142 valence electrons. The average molecular weight is 374 g/mol. The molecule has 0 saturated carbocycles. The fourth-order valence-corrected chi connectivity index (χ4v) is 3.27. The first kappa shape index (κ1) is 18.0. The maximum absolute atomic E-state index is 12.4. The van der Waals surface area contributed by atoms with E-state index in [-0.39, 0.29) is 18.6 Å². The van der Waals surface area contributed by atoms with E-state index in [4.69, 9.17) is 9.47 Å². The fourth-order valence-electron chi connectivity index (χ4n) is 3.27.